The first-order valence-corrected chi connectivity index (χ1v) is 7.20. The number of anilines is 4. The largest absolute Gasteiger partial charge is 0.325 e. The highest BCUT2D eigenvalue weighted by Crippen LogP contribution is 2.23. The van der Waals surface area contributed by atoms with E-state index in [1.807, 2.05) is 30.3 Å². The van der Waals surface area contributed by atoms with E-state index in [-0.39, 0.29) is 0 Å². The minimum atomic E-state index is -0.430. The number of aromatic nitrogens is 5. The fourth-order valence-electron chi connectivity index (χ4n) is 2.24. The van der Waals surface area contributed by atoms with E-state index in [0.29, 0.717) is 28.6 Å². The summed E-state index contributed by atoms with van der Waals surface area (Å²) in [5.74, 6) is 1.07. The topological polar surface area (TPSA) is 91.4 Å². The zero-order valence-electron chi connectivity index (χ0n) is 12.4. The first-order chi connectivity index (χ1) is 11.8. The van der Waals surface area contributed by atoms with Gasteiger partial charge in [-0.25, -0.2) is 14.4 Å². The third-order valence-electron chi connectivity index (χ3n) is 3.31. The summed E-state index contributed by atoms with van der Waals surface area (Å²) in [7, 11) is 0. The highest BCUT2D eigenvalue weighted by molar-refractivity contribution is 5.88. The monoisotopic (exact) mass is 321 g/mol. The van der Waals surface area contributed by atoms with Gasteiger partial charge >= 0.3 is 0 Å². The van der Waals surface area contributed by atoms with Crippen molar-refractivity contribution in [1.29, 1.82) is 0 Å². The van der Waals surface area contributed by atoms with Crippen LogP contribution in [0.5, 0.6) is 0 Å². The van der Waals surface area contributed by atoms with Crippen LogP contribution in [0, 0.1) is 5.82 Å². The van der Waals surface area contributed by atoms with Gasteiger partial charge in [-0.15, -0.1) is 0 Å². The minimum absolute atomic E-state index is 0.426. The number of nitrogens with one attached hydrogen (secondary N) is 3. The number of H-pyrrole nitrogens is 1. The van der Waals surface area contributed by atoms with Gasteiger partial charge in [-0.05, 0) is 24.3 Å². The van der Waals surface area contributed by atoms with Gasteiger partial charge in [0.15, 0.2) is 5.65 Å². The maximum Gasteiger partial charge on any atom is 0.229 e. The number of para-hydroxylation sites is 1. The van der Waals surface area contributed by atoms with Crippen molar-refractivity contribution >= 4 is 34.3 Å². The summed E-state index contributed by atoms with van der Waals surface area (Å²) < 4.78 is 13.4. The summed E-state index contributed by atoms with van der Waals surface area (Å²) in [5.41, 5.74) is 1.31. The predicted molar refractivity (Wildman–Crippen MR) is 88.9 cm³/mol. The molecule has 0 fully saturated rings. The molecule has 0 saturated carbocycles. The summed E-state index contributed by atoms with van der Waals surface area (Å²) >= 11 is 0. The molecule has 0 bridgehead atoms. The fraction of sp³-hybridized carbons (Fsp3) is 0. The lowest BCUT2D eigenvalue weighted by atomic mass is 10.3. The van der Waals surface area contributed by atoms with Crippen LogP contribution in [0.1, 0.15) is 0 Å². The molecule has 24 heavy (non-hydrogen) atoms. The first-order valence-electron chi connectivity index (χ1n) is 7.20. The van der Waals surface area contributed by atoms with E-state index in [0.717, 1.165) is 11.9 Å². The molecule has 0 saturated heterocycles. The molecule has 3 N–H and O–H groups in total. The van der Waals surface area contributed by atoms with Gasteiger partial charge in [0.05, 0.1) is 11.6 Å². The molecule has 0 aliphatic heterocycles. The zero-order chi connectivity index (χ0) is 16.4. The lowest BCUT2D eigenvalue weighted by Crippen LogP contribution is -2.00. The number of halogens is 1. The quantitative estimate of drug-likeness (QED) is 0.534. The number of nitrogens with zero attached hydrogens (tertiary/aromatic N) is 4. The van der Waals surface area contributed by atoms with E-state index >= 15 is 0 Å². The van der Waals surface area contributed by atoms with Gasteiger partial charge in [0, 0.05) is 11.9 Å². The second-order valence-electron chi connectivity index (χ2n) is 5.00. The van der Waals surface area contributed by atoms with E-state index in [9.17, 15) is 4.39 Å². The summed E-state index contributed by atoms with van der Waals surface area (Å²) in [6, 6.07) is 12.7. The SMILES string of the molecule is Fc1cnc2n[nH]c(Nc3ccnc(Nc4ccccc4)n3)c2c1. The molecule has 8 heteroatoms. The number of hydrogen-bond acceptors (Lipinski definition) is 6. The molecule has 4 aromatic rings. The Balaban J connectivity index is 1.60. The molecule has 3 heterocycles. The van der Waals surface area contributed by atoms with Crippen molar-refractivity contribution in [2.75, 3.05) is 10.6 Å². The molecule has 7 nitrogen and oxygen atoms in total. The summed E-state index contributed by atoms with van der Waals surface area (Å²) in [6.07, 6.45) is 2.75. The number of benzene rings is 1. The van der Waals surface area contributed by atoms with Crippen molar-refractivity contribution in [2.45, 2.75) is 0 Å². The second-order valence-corrected chi connectivity index (χ2v) is 5.00. The Labute approximate surface area is 136 Å². The van der Waals surface area contributed by atoms with Gasteiger partial charge in [0.25, 0.3) is 0 Å². The minimum Gasteiger partial charge on any atom is -0.325 e. The van der Waals surface area contributed by atoms with E-state index in [4.69, 9.17) is 0 Å². The molecular formula is C16H12FN7. The standard InChI is InChI=1S/C16H12FN7/c17-10-8-12-14(19-9-10)23-24-15(12)21-13-6-7-18-16(22-13)20-11-4-2-1-3-5-11/h1-9H,(H3,18,19,20,21,22,23,24). The van der Waals surface area contributed by atoms with E-state index in [1.165, 1.54) is 6.07 Å². The molecule has 3 aromatic heterocycles. The molecule has 0 amide bonds. The Morgan fingerprint density at radius 3 is 2.75 bits per heavy atom. The van der Waals surface area contributed by atoms with Crippen molar-refractivity contribution in [3.05, 3.63) is 60.7 Å². The molecule has 0 aliphatic carbocycles. The zero-order valence-corrected chi connectivity index (χ0v) is 12.4. The van der Waals surface area contributed by atoms with Gasteiger partial charge in [0.1, 0.15) is 17.5 Å². The van der Waals surface area contributed by atoms with Gasteiger partial charge in [-0.2, -0.15) is 10.1 Å². The molecule has 118 valence electrons. The normalized spacial score (nSPS) is 10.7. The third-order valence-corrected chi connectivity index (χ3v) is 3.31. The van der Waals surface area contributed by atoms with E-state index < -0.39 is 5.82 Å². The second kappa shape index (κ2) is 5.92. The summed E-state index contributed by atoms with van der Waals surface area (Å²) in [6.45, 7) is 0. The van der Waals surface area contributed by atoms with Crippen LogP contribution >= 0.6 is 0 Å². The maximum atomic E-state index is 13.4. The average Bonchev–Trinajstić information content (AvgIpc) is 2.98. The van der Waals surface area contributed by atoms with Crippen molar-refractivity contribution in [3.8, 4) is 0 Å². The van der Waals surface area contributed by atoms with Crippen molar-refractivity contribution < 1.29 is 4.39 Å². The number of rotatable bonds is 4. The molecular weight excluding hydrogens is 309 g/mol. The number of pyridine rings is 1. The van der Waals surface area contributed by atoms with Crippen LogP contribution in [0.15, 0.2) is 54.9 Å². The molecule has 4 rings (SSSR count). The highest BCUT2D eigenvalue weighted by Gasteiger charge is 2.09. The Morgan fingerprint density at radius 2 is 1.88 bits per heavy atom. The number of hydrogen-bond donors (Lipinski definition) is 3. The average molecular weight is 321 g/mol. The third kappa shape index (κ3) is 2.84. The number of fused-ring (bicyclic) bond motifs is 1. The van der Waals surface area contributed by atoms with Crippen LogP contribution in [0.3, 0.4) is 0 Å². The Morgan fingerprint density at radius 1 is 1.00 bits per heavy atom. The van der Waals surface area contributed by atoms with Gasteiger partial charge in [-0.3, -0.25) is 5.10 Å². The molecule has 0 atom stereocenters. The van der Waals surface area contributed by atoms with Crippen molar-refractivity contribution in [1.82, 2.24) is 25.1 Å². The van der Waals surface area contributed by atoms with Crippen molar-refractivity contribution in [3.63, 3.8) is 0 Å². The summed E-state index contributed by atoms with van der Waals surface area (Å²) in [4.78, 5) is 12.5. The van der Waals surface area contributed by atoms with Crippen LogP contribution in [0.2, 0.25) is 0 Å². The van der Waals surface area contributed by atoms with Crippen LogP contribution in [-0.2, 0) is 0 Å². The molecule has 0 spiro atoms. The molecule has 0 unspecified atom stereocenters. The fourth-order valence-corrected chi connectivity index (χ4v) is 2.24. The van der Waals surface area contributed by atoms with Gasteiger partial charge < -0.3 is 10.6 Å². The van der Waals surface area contributed by atoms with Crippen molar-refractivity contribution in [2.24, 2.45) is 0 Å². The van der Waals surface area contributed by atoms with Crippen LogP contribution < -0.4 is 10.6 Å². The Kier molecular flexibility index (Phi) is 3.47. The molecule has 0 aliphatic rings. The summed E-state index contributed by atoms with van der Waals surface area (Å²) in [5, 5.41) is 13.5. The van der Waals surface area contributed by atoms with E-state index in [2.05, 4.69) is 35.8 Å². The van der Waals surface area contributed by atoms with E-state index in [1.54, 1.807) is 12.3 Å². The lowest BCUT2D eigenvalue weighted by molar-refractivity contribution is 0.624. The Hall–Kier alpha value is -3.55. The predicted octanol–water partition coefficient (Wildman–Crippen LogP) is 3.37. The van der Waals surface area contributed by atoms with Gasteiger partial charge in [0.2, 0.25) is 5.95 Å². The van der Waals surface area contributed by atoms with Crippen LogP contribution in [-0.4, -0.2) is 25.1 Å². The lowest BCUT2D eigenvalue weighted by Gasteiger charge is -2.07. The first kappa shape index (κ1) is 14.1. The Bertz CT molecular complexity index is 984. The maximum absolute atomic E-state index is 13.4. The number of aromatic amines is 1. The molecule has 1 aromatic carbocycles. The smallest absolute Gasteiger partial charge is 0.229 e. The van der Waals surface area contributed by atoms with Crippen LogP contribution in [0.25, 0.3) is 11.0 Å². The molecule has 0 radical (unpaired) electrons. The highest BCUT2D eigenvalue weighted by atomic mass is 19.1. The van der Waals surface area contributed by atoms with Gasteiger partial charge in [-0.1, -0.05) is 18.2 Å². The van der Waals surface area contributed by atoms with Crippen LogP contribution in [0.4, 0.5) is 27.7 Å².